The second-order valence-electron chi connectivity index (χ2n) is 4.58. The van der Waals surface area contributed by atoms with E-state index in [-0.39, 0.29) is 0 Å². The number of rotatable bonds is 4. The Morgan fingerprint density at radius 3 is 2.69 bits per heavy atom. The van der Waals surface area contributed by atoms with Crippen molar-refractivity contribution >= 4 is 5.69 Å². The summed E-state index contributed by atoms with van der Waals surface area (Å²) < 4.78 is 0. The number of aryl methyl sites for hydroxylation is 1. The van der Waals surface area contributed by atoms with Crippen molar-refractivity contribution in [2.45, 2.75) is 38.6 Å². The second-order valence-corrected chi connectivity index (χ2v) is 4.58. The zero-order valence-electron chi connectivity index (χ0n) is 10.1. The van der Waals surface area contributed by atoms with Crippen molar-refractivity contribution in [1.82, 2.24) is 5.32 Å². The van der Waals surface area contributed by atoms with E-state index < -0.39 is 0 Å². The van der Waals surface area contributed by atoms with Crippen LogP contribution in [0.15, 0.2) is 24.3 Å². The quantitative estimate of drug-likeness (QED) is 0.812. The zero-order valence-corrected chi connectivity index (χ0v) is 10.1. The third-order valence-electron chi connectivity index (χ3n) is 3.33. The molecule has 1 aliphatic rings. The fourth-order valence-corrected chi connectivity index (χ4v) is 2.20. The summed E-state index contributed by atoms with van der Waals surface area (Å²) in [6, 6.07) is 9.43. The van der Waals surface area contributed by atoms with Gasteiger partial charge in [0.25, 0.3) is 0 Å². The highest BCUT2D eigenvalue weighted by molar-refractivity contribution is 5.44. The first kappa shape index (κ1) is 11.5. The van der Waals surface area contributed by atoms with Gasteiger partial charge < -0.3 is 10.6 Å². The van der Waals surface area contributed by atoms with Crippen molar-refractivity contribution in [1.29, 1.82) is 0 Å². The van der Waals surface area contributed by atoms with Gasteiger partial charge in [-0.3, -0.25) is 0 Å². The van der Waals surface area contributed by atoms with Crippen molar-refractivity contribution in [3.8, 4) is 0 Å². The predicted molar refractivity (Wildman–Crippen MR) is 70.0 cm³/mol. The summed E-state index contributed by atoms with van der Waals surface area (Å²) in [7, 11) is 0. The van der Waals surface area contributed by atoms with Crippen molar-refractivity contribution in [2.75, 3.05) is 18.4 Å². The molecule has 16 heavy (non-hydrogen) atoms. The lowest BCUT2D eigenvalue weighted by atomic mass is 10.1. The molecule has 0 amide bonds. The SMILES string of the molecule is CCc1ccc(NCC2CCCCN2)cc1. The van der Waals surface area contributed by atoms with Gasteiger partial charge in [-0.15, -0.1) is 0 Å². The smallest absolute Gasteiger partial charge is 0.0340 e. The molecule has 2 heteroatoms. The zero-order chi connectivity index (χ0) is 11.2. The van der Waals surface area contributed by atoms with Crippen LogP contribution in [-0.2, 0) is 6.42 Å². The summed E-state index contributed by atoms with van der Waals surface area (Å²) in [6.45, 7) is 4.42. The topological polar surface area (TPSA) is 24.1 Å². The largest absolute Gasteiger partial charge is 0.383 e. The molecule has 1 aliphatic heterocycles. The molecule has 1 fully saturated rings. The van der Waals surface area contributed by atoms with E-state index in [0.717, 1.165) is 13.0 Å². The van der Waals surface area contributed by atoms with E-state index in [9.17, 15) is 0 Å². The summed E-state index contributed by atoms with van der Waals surface area (Å²) >= 11 is 0. The fourth-order valence-electron chi connectivity index (χ4n) is 2.20. The van der Waals surface area contributed by atoms with Crippen LogP contribution < -0.4 is 10.6 Å². The fraction of sp³-hybridized carbons (Fsp3) is 0.571. The standard InChI is InChI=1S/C14H22N2/c1-2-12-6-8-13(9-7-12)16-11-14-5-3-4-10-15-14/h6-9,14-16H,2-5,10-11H2,1H3. The van der Waals surface area contributed by atoms with Gasteiger partial charge in [-0.05, 0) is 43.5 Å². The van der Waals surface area contributed by atoms with Crippen LogP contribution in [0.4, 0.5) is 5.69 Å². The van der Waals surface area contributed by atoms with Crippen molar-refractivity contribution < 1.29 is 0 Å². The average Bonchev–Trinajstić information content (AvgIpc) is 2.38. The first-order chi connectivity index (χ1) is 7.88. The average molecular weight is 218 g/mol. The molecule has 0 aliphatic carbocycles. The predicted octanol–water partition coefficient (Wildman–Crippen LogP) is 2.80. The van der Waals surface area contributed by atoms with Crippen LogP contribution in [0.3, 0.4) is 0 Å². The third-order valence-corrected chi connectivity index (χ3v) is 3.33. The molecular weight excluding hydrogens is 196 g/mol. The van der Waals surface area contributed by atoms with Gasteiger partial charge in [0.2, 0.25) is 0 Å². The molecule has 88 valence electrons. The van der Waals surface area contributed by atoms with Crippen LogP contribution in [-0.4, -0.2) is 19.1 Å². The minimum Gasteiger partial charge on any atom is -0.383 e. The number of nitrogens with one attached hydrogen (secondary N) is 2. The van der Waals surface area contributed by atoms with Gasteiger partial charge in [0, 0.05) is 18.3 Å². The van der Waals surface area contributed by atoms with Gasteiger partial charge in [-0.25, -0.2) is 0 Å². The van der Waals surface area contributed by atoms with Gasteiger partial charge >= 0.3 is 0 Å². The van der Waals surface area contributed by atoms with Crippen LogP contribution in [0.5, 0.6) is 0 Å². The number of hydrogen-bond acceptors (Lipinski definition) is 2. The lowest BCUT2D eigenvalue weighted by Crippen LogP contribution is -2.39. The molecular formula is C14H22N2. The molecule has 2 N–H and O–H groups in total. The molecule has 0 bridgehead atoms. The summed E-state index contributed by atoms with van der Waals surface area (Å²) in [5.74, 6) is 0. The highest BCUT2D eigenvalue weighted by atomic mass is 15.0. The molecule has 1 unspecified atom stereocenters. The van der Waals surface area contributed by atoms with Crippen LogP contribution in [0.2, 0.25) is 0 Å². The van der Waals surface area contributed by atoms with Gasteiger partial charge in [0.05, 0.1) is 0 Å². The summed E-state index contributed by atoms with van der Waals surface area (Å²) in [5.41, 5.74) is 2.64. The van der Waals surface area contributed by atoms with Crippen LogP contribution in [0, 0.1) is 0 Å². The number of piperidine rings is 1. The van der Waals surface area contributed by atoms with Crippen molar-refractivity contribution in [3.63, 3.8) is 0 Å². The number of hydrogen-bond donors (Lipinski definition) is 2. The molecule has 1 aromatic carbocycles. The molecule has 1 atom stereocenters. The van der Waals surface area contributed by atoms with E-state index in [1.165, 1.54) is 37.1 Å². The molecule has 1 aromatic rings. The molecule has 2 nitrogen and oxygen atoms in total. The first-order valence-corrected chi connectivity index (χ1v) is 6.44. The van der Waals surface area contributed by atoms with E-state index in [1.807, 2.05) is 0 Å². The van der Waals surface area contributed by atoms with Gasteiger partial charge in [-0.1, -0.05) is 25.5 Å². The molecule has 0 radical (unpaired) electrons. The van der Waals surface area contributed by atoms with E-state index in [4.69, 9.17) is 0 Å². The second kappa shape index (κ2) is 5.90. The van der Waals surface area contributed by atoms with Crippen LogP contribution >= 0.6 is 0 Å². The van der Waals surface area contributed by atoms with Gasteiger partial charge in [0.15, 0.2) is 0 Å². The minimum absolute atomic E-state index is 0.652. The molecule has 0 spiro atoms. The number of anilines is 1. The normalized spacial score (nSPS) is 20.7. The Morgan fingerprint density at radius 2 is 2.06 bits per heavy atom. The lowest BCUT2D eigenvalue weighted by Gasteiger charge is -2.24. The van der Waals surface area contributed by atoms with E-state index in [2.05, 4.69) is 41.8 Å². The number of benzene rings is 1. The molecule has 2 rings (SSSR count). The maximum Gasteiger partial charge on any atom is 0.0340 e. The van der Waals surface area contributed by atoms with Crippen molar-refractivity contribution in [3.05, 3.63) is 29.8 Å². The third kappa shape index (κ3) is 3.24. The highest BCUT2D eigenvalue weighted by Gasteiger charge is 2.11. The Hall–Kier alpha value is -1.02. The molecule has 1 saturated heterocycles. The Labute approximate surface area is 98.4 Å². The Balaban J connectivity index is 1.79. The maximum atomic E-state index is 3.55. The maximum absolute atomic E-state index is 3.55. The van der Waals surface area contributed by atoms with Gasteiger partial charge in [-0.2, -0.15) is 0 Å². The monoisotopic (exact) mass is 218 g/mol. The molecule has 1 heterocycles. The van der Waals surface area contributed by atoms with Crippen LogP contribution in [0.1, 0.15) is 31.7 Å². The van der Waals surface area contributed by atoms with E-state index >= 15 is 0 Å². The highest BCUT2D eigenvalue weighted by Crippen LogP contribution is 2.12. The summed E-state index contributed by atoms with van der Waals surface area (Å²) in [5, 5.41) is 7.05. The molecule has 0 aromatic heterocycles. The minimum atomic E-state index is 0.652. The van der Waals surface area contributed by atoms with E-state index in [0.29, 0.717) is 6.04 Å². The van der Waals surface area contributed by atoms with Crippen LogP contribution in [0.25, 0.3) is 0 Å². The Morgan fingerprint density at radius 1 is 1.25 bits per heavy atom. The first-order valence-electron chi connectivity index (χ1n) is 6.44. The van der Waals surface area contributed by atoms with Crippen molar-refractivity contribution in [2.24, 2.45) is 0 Å². The van der Waals surface area contributed by atoms with Gasteiger partial charge in [0.1, 0.15) is 0 Å². The Bertz CT molecular complexity index is 299. The lowest BCUT2D eigenvalue weighted by molar-refractivity contribution is 0.414. The van der Waals surface area contributed by atoms with E-state index in [1.54, 1.807) is 0 Å². The Kier molecular flexibility index (Phi) is 4.23. The summed E-state index contributed by atoms with van der Waals surface area (Å²) in [6.07, 6.45) is 5.13. The molecule has 0 saturated carbocycles. The summed E-state index contributed by atoms with van der Waals surface area (Å²) in [4.78, 5) is 0.